The number of nitrogens with zero attached hydrogens (tertiary/aromatic N) is 1. The Morgan fingerprint density at radius 1 is 1.33 bits per heavy atom. The topological polar surface area (TPSA) is 47.6 Å². The molecule has 0 aliphatic heterocycles. The molecule has 0 aromatic heterocycles. The predicted octanol–water partition coefficient (Wildman–Crippen LogP) is 1.81. The van der Waals surface area contributed by atoms with E-state index in [1.54, 1.807) is 6.21 Å². The number of halogens is 1. The molecule has 0 fully saturated rings. The average molecular weight is 257 g/mol. The molecular weight excluding hydrogens is 232 g/mol. The van der Waals surface area contributed by atoms with Crippen molar-refractivity contribution in [3.8, 4) is 0 Å². The van der Waals surface area contributed by atoms with Gasteiger partial charge in [0.05, 0.1) is 6.61 Å². The van der Waals surface area contributed by atoms with Gasteiger partial charge in [-0.1, -0.05) is 12.3 Å². The maximum Gasteiger partial charge on any atom is 0.0687 e. The lowest BCUT2D eigenvalue weighted by Gasteiger charge is -2.36. The summed E-state index contributed by atoms with van der Waals surface area (Å²) in [6.07, 6.45) is 9.68. The van der Waals surface area contributed by atoms with Crippen molar-refractivity contribution >= 4 is 32.7 Å². The van der Waals surface area contributed by atoms with Crippen molar-refractivity contribution in [3.05, 3.63) is 0 Å². The van der Waals surface area contributed by atoms with Crippen molar-refractivity contribution in [2.45, 2.75) is 13.3 Å². The lowest BCUT2D eigenvalue weighted by atomic mass is 10.5. The van der Waals surface area contributed by atoms with E-state index in [1.165, 1.54) is 0 Å². The van der Waals surface area contributed by atoms with Gasteiger partial charge in [0, 0.05) is 18.6 Å². The van der Waals surface area contributed by atoms with E-state index in [4.69, 9.17) is 10.6 Å². The van der Waals surface area contributed by atoms with E-state index in [0.717, 1.165) is 25.4 Å². The zero-order chi connectivity index (χ0) is 11.1. The van der Waals surface area contributed by atoms with Crippen LogP contribution in [0.3, 0.4) is 0 Å². The molecule has 3 nitrogen and oxygen atoms in total. The fraction of sp³-hybridized carbons (Fsp3) is 0.800. The van der Waals surface area contributed by atoms with E-state index in [2.05, 4.69) is 36.2 Å². The molecule has 5 heteroatoms. The molecule has 15 heavy (non-hydrogen) atoms. The van der Waals surface area contributed by atoms with Gasteiger partial charge in [0.25, 0.3) is 0 Å². The van der Waals surface area contributed by atoms with Gasteiger partial charge >= 0.3 is 0 Å². The summed E-state index contributed by atoms with van der Waals surface area (Å²) in [6.45, 7) is 3.69. The summed E-state index contributed by atoms with van der Waals surface area (Å²) in [4.78, 5) is 0. The van der Waals surface area contributed by atoms with Crippen molar-refractivity contribution in [1.82, 2.24) is 0 Å². The molecule has 0 saturated heterocycles. The van der Waals surface area contributed by atoms with Crippen LogP contribution in [0.5, 0.6) is 0 Å². The predicted molar refractivity (Wildman–Crippen MR) is 77.3 cm³/mol. The molecule has 0 saturated carbocycles. The number of hydrazone groups is 1. The van der Waals surface area contributed by atoms with Crippen molar-refractivity contribution < 1.29 is 4.74 Å². The van der Waals surface area contributed by atoms with Crippen LogP contribution in [0.1, 0.15) is 13.3 Å². The van der Waals surface area contributed by atoms with E-state index in [9.17, 15) is 0 Å². The molecule has 0 atom stereocenters. The molecule has 0 aromatic rings. The molecule has 0 aliphatic carbocycles. The molecule has 0 heterocycles. The number of hydrogen-bond donors (Lipinski definition) is 1. The van der Waals surface area contributed by atoms with E-state index in [0.29, 0.717) is 0 Å². The molecule has 0 rings (SSSR count). The Kier molecular flexibility index (Phi) is 8.38. The smallest absolute Gasteiger partial charge is 0.0687 e. The first-order valence-corrected chi connectivity index (χ1v) is 8.36. The Morgan fingerprint density at radius 3 is 2.40 bits per heavy atom. The second kappa shape index (κ2) is 7.25. The highest BCUT2D eigenvalue weighted by atomic mass is 35.5. The normalized spacial score (nSPS) is 14.3. The largest absolute Gasteiger partial charge is 0.377 e. The van der Waals surface area contributed by atoms with Crippen molar-refractivity contribution in [3.63, 3.8) is 0 Å². The SMILES string of the molecule is CCCOCC=S(C)(C)(C)CC=NN.Cl. The maximum absolute atomic E-state index is 5.46. The molecule has 2 N–H and O–H groups in total. The van der Waals surface area contributed by atoms with Crippen molar-refractivity contribution in [2.75, 3.05) is 37.7 Å². The molecule has 0 spiro atoms. The van der Waals surface area contributed by atoms with Crippen LogP contribution >= 0.6 is 21.2 Å². The number of nitrogens with two attached hydrogens (primary N) is 1. The highest BCUT2D eigenvalue weighted by Gasteiger charge is 2.12. The number of ether oxygens (including phenoxy) is 1. The van der Waals surface area contributed by atoms with Gasteiger partial charge in [-0.3, -0.25) is 0 Å². The quantitative estimate of drug-likeness (QED) is 0.259. The first-order valence-electron chi connectivity index (χ1n) is 4.87. The molecule has 0 bridgehead atoms. The van der Waals surface area contributed by atoms with E-state index >= 15 is 0 Å². The van der Waals surface area contributed by atoms with Gasteiger partial charge in [-0.2, -0.15) is 5.10 Å². The van der Waals surface area contributed by atoms with Crippen molar-refractivity contribution in [1.29, 1.82) is 0 Å². The molecule has 0 aliphatic rings. The second-order valence-corrected chi connectivity index (χ2v) is 11.3. The monoisotopic (exact) mass is 256 g/mol. The van der Waals surface area contributed by atoms with Crippen LogP contribution in [-0.2, 0) is 4.74 Å². The van der Waals surface area contributed by atoms with Crippen LogP contribution < -0.4 is 5.84 Å². The minimum absolute atomic E-state index is 0. The maximum atomic E-state index is 5.46. The lowest BCUT2D eigenvalue weighted by molar-refractivity contribution is 0.176. The van der Waals surface area contributed by atoms with Crippen LogP contribution in [0.2, 0.25) is 0 Å². The zero-order valence-electron chi connectivity index (χ0n) is 10.2. The molecule has 0 amide bonds. The first kappa shape index (κ1) is 17.3. The minimum Gasteiger partial charge on any atom is -0.377 e. The summed E-state index contributed by atoms with van der Waals surface area (Å²) < 4.78 is 5.46. The summed E-state index contributed by atoms with van der Waals surface area (Å²) in [5.41, 5.74) is 0. The van der Waals surface area contributed by atoms with Crippen LogP contribution in [0.15, 0.2) is 5.10 Å². The number of rotatable bonds is 6. The van der Waals surface area contributed by atoms with Gasteiger partial charge in [-0.25, -0.2) is 8.75 Å². The van der Waals surface area contributed by atoms with Crippen LogP contribution in [0, 0.1) is 0 Å². The highest BCUT2D eigenvalue weighted by Crippen LogP contribution is 2.45. The third-order valence-corrected chi connectivity index (χ3v) is 4.64. The Morgan fingerprint density at radius 2 is 1.93 bits per heavy atom. The van der Waals surface area contributed by atoms with E-state index in [1.807, 2.05) is 0 Å². The Balaban J connectivity index is 0. The first-order chi connectivity index (χ1) is 6.39. The summed E-state index contributed by atoms with van der Waals surface area (Å²) >= 11 is 0. The average Bonchev–Trinajstić information content (AvgIpc) is 2.09. The molecule has 0 unspecified atom stereocenters. The van der Waals surface area contributed by atoms with Crippen LogP contribution in [0.25, 0.3) is 0 Å². The summed E-state index contributed by atoms with van der Waals surface area (Å²) in [6, 6.07) is 0. The van der Waals surface area contributed by atoms with Crippen LogP contribution in [0.4, 0.5) is 0 Å². The standard InChI is InChI=1S/C10H24N2OS.ClH/c1-5-7-13-8-10-14(2,3,4)9-6-12-11;/h6,10H,5,7-9,11H2,1-4H3;1H. The van der Waals surface area contributed by atoms with Crippen LogP contribution in [-0.4, -0.2) is 49.3 Å². The minimum atomic E-state index is -1.47. The third kappa shape index (κ3) is 10.2. The Hall–Kier alpha value is -0.0600. The summed E-state index contributed by atoms with van der Waals surface area (Å²) in [5, 5.41) is 5.84. The fourth-order valence-electron chi connectivity index (χ4n) is 0.906. The summed E-state index contributed by atoms with van der Waals surface area (Å²) in [7, 11) is -1.47. The van der Waals surface area contributed by atoms with Gasteiger partial charge in [0.1, 0.15) is 0 Å². The van der Waals surface area contributed by atoms with Gasteiger partial charge in [0.2, 0.25) is 0 Å². The zero-order valence-corrected chi connectivity index (χ0v) is 11.9. The molecule has 0 aromatic carbocycles. The van der Waals surface area contributed by atoms with E-state index in [-0.39, 0.29) is 12.4 Å². The second-order valence-electron chi connectivity index (χ2n) is 4.70. The molecule has 94 valence electrons. The van der Waals surface area contributed by atoms with Gasteiger partial charge in [-0.15, -0.1) is 12.4 Å². The molecular formula is C10H25ClN2OS. The van der Waals surface area contributed by atoms with E-state index < -0.39 is 8.75 Å². The van der Waals surface area contributed by atoms with Gasteiger partial charge in [-0.05, 0) is 25.2 Å². The fourth-order valence-corrected chi connectivity index (χ4v) is 2.26. The Labute approximate surface area is 99.7 Å². The van der Waals surface area contributed by atoms with Crippen molar-refractivity contribution in [2.24, 2.45) is 10.9 Å². The lowest BCUT2D eigenvalue weighted by Crippen LogP contribution is -2.15. The Bertz CT molecular complexity index is 247. The summed E-state index contributed by atoms with van der Waals surface area (Å²) in [5.74, 6) is 6.05. The third-order valence-electron chi connectivity index (χ3n) is 1.93. The highest BCUT2D eigenvalue weighted by molar-refractivity contribution is 8.46. The molecule has 0 radical (unpaired) electrons. The van der Waals surface area contributed by atoms with Gasteiger partial charge < -0.3 is 10.6 Å². The van der Waals surface area contributed by atoms with Gasteiger partial charge in [0.15, 0.2) is 0 Å². The number of hydrogen-bond acceptors (Lipinski definition) is 3.